The van der Waals surface area contributed by atoms with Crippen molar-refractivity contribution in [3.8, 4) is 11.5 Å². The Hall–Kier alpha value is -1.55. The van der Waals surface area contributed by atoms with Gasteiger partial charge in [0, 0.05) is 6.42 Å². The molecule has 0 N–H and O–H groups in total. The zero-order valence-corrected chi connectivity index (χ0v) is 10.5. The average Bonchev–Trinajstić information content (AvgIpc) is 2.34. The first kappa shape index (κ1) is 13.5. The average molecular weight is 238 g/mol. The third-order valence-electron chi connectivity index (χ3n) is 2.32. The number of methoxy groups -OCH3 is 2. The molecule has 0 bridgehead atoms. The summed E-state index contributed by atoms with van der Waals surface area (Å²) in [5.74, 6) is 1.51. The summed E-state index contributed by atoms with van der Waals surface area (Å²) >= 11 is 0. The molecule has 0 aliphatic heterocycles. The smallest absolute Gasteiger partial charge is 0.161 e. The molecule has 0 fully saturated rings. The Morgan fingerprint density at radius 1 is 1.18 bits per heavy atom. The summed E-state index contributed by atoms with van der Waals surface area (Å²) in [6, 6.07) is 5.62. The molecule has 0 spiro atoms. The van der Waals surface area contributed by atoms with Crippen LogP contribution in [0, 0.1) is 0 Å². The Labute approximate surface area is 101 Å². The number of carbonyl (C=O) groups excluding carboxylic acids is 1. The van der Waals surface area contributed by atoms with Crippen LogP contribution in [-0.2, 0) is 16.1 Å². The van der Waals surface area contributed by atoms with Crippen molar-refractivity contribution in [3.05, 3.63) is 23.8 Å². The number of carbonyl (C=O) groups is 1. The van der Waals surface area contributed by atoms with E-state index >= 15 is 0 Å². The number of Topliss-reactive ketones (excluding diaryl/α,β-unsaturated/α-hetero) is 1. The molecule has 0 radical (unpaired) electrons. The van der Waals surface area contributed by atoms with E-state index in [4.69, 9.17) is 14.2 Å². The van der Waals surface area contributed by atoms with Gasteiger partial charge < -0.3 is 14.2 Å². The Morgan fingerprint density at radius 2 is 1.88 bits per heavy atom. The summed E-state index contributed by atoms with van der Waals surface area (Å²) in [4.78, 5) is 10.7. The highest BCUT2D eigenvalue weighted by Gasteiger charge is 2.04. The maximum atomic E-state index is 10.7. The van der Waals surface area contributed by atoms with Crippen LogP contribution in [0.2, 0.25) is 0 Å². The molecule has 0 aliphatic carbocycles. The third kappa shape index (κ3) is 4.44. The molecule has 0 aliphatic rings. The van der Waals surface area contributed by atoms with Gasteiger partial charge in [0.05, 0.1) is 27.4 Å². The molecule has 1 rings (SSSR count). The lowest BCUT2D eigenvalue weighted by molar-refractivity contribution is -0.118. The number of ketones is 1. The first-order chi connectivity index (χ1) is 8.17. The van der Waals surface area contributed by atoms with Gasteiger partial charge in [-0.25, -0.2) is 0 Å². The molecule has 0 unspecified atom stereocenters. The van der Waals surface area contributed by atoms with Crippen molar-refractivity contribution in [2.75, 3.05) is 20.8 Å². The second-order valence-electron chi connectivity index (χ2n) is 3.69. The number of ether oxygens (including phenoxy) is 3. The molecule has 0 saturated carbocycles. The Bertz CT molecular complexity index is 374. The first-order valence-electron chi connectivity index (χ1n) is 5.45. The second kappa shape index (κ2) is 6.91. The summed E-state index contributed by atoms with van der Waals surface area (Å²) < 4.78 is 15.7. The molecule has 17 heavy (non-hydrogen) atoms. The number of benzene rings is 1. The van der Waals surface area contributed by atoms with Crippen LogP contribution in [0.25, 0.3) is 0 Å². The molecule has 1 aromatic rings. The van der Waals surface area contributed by atoms with Gasteiger partial charge in [-0.05, 0) is 24.6 Å². The van der Waals surface area contributed by atoms with Gasteiger partial charge in [-0.1, -0.05) is 6.07 Å². The maximum Gasteiger partial charge on any atom is 0.161 e. The lowest BCUT2D eigenvalue weighted by atomic mass is 10.2. The van der Waals surface area contributed by atoms with Gasteiger partial charge in [0.15, 0.2) is 11.5 Å². The number of hydrogen-bond acceptors (Lipinski definition) is 4. The number of hydrogen-bond donors (Lipinski definition) is 0. The van der Waals surface area contributed by atoms with E-state index in [0.717, 1.165) is 5.56 Å². The lowest BCUT2D eigenvalue weighted by Crippen LogP contribution is -2.01. The second-order valence-corrected chi connectivity index (χ2v) is 3.69. The Balaban J connectivity index is 2.51. The standard InChI is InChI=1S/C13H18O4/c1-10(14)6-7-17-9-11-4-5-12(15-2)13(8-11)16-3/h4-5,8H,6-7,9H2,1-3H3. The summed E-state index contributed by atoms with van der Waals surface area (Å²) in [7, 11) is 3.19. The van der Waals surface area contributed by atoms with Crippen molar-refractivity contribution in [1.29, 1.82) is 0 Å². The normalized spacial score (nSPS) is 10.1. The van der Waals surface area contributed by atoms with E-state index in [9.17, 15) is 4.79 Å². The van der Waals surface area contributed by atoms with Crippen LogP contribution in [-0.4, -0.2) is 26.6 Å². The third-order valence-corrected chi connectivity index (χ3v) is 2.32. The predicted octanol–water partition coefficient (Wildman–Crippen LogP) is 2.20. The van der Waals surface area contributed by atoms with Crippen molar-refractivity contribution in [2.45, 2.75) is 20.0 Å². The van der Waals surface area contributed by atoms with E-state index in [0.29, 0.717) is 31.1 Å². The van der Waals surface area contributed by atoms with E-state index in [1.54, 1.807) is 21.1 Å². The summed E-state index contributed by atoms with van der Waals surface area (Å²) in [6.45, 7) is 2.47. The molecule has 0 aromatic heterocycles. The van der Waals surface area contributed by atoms with Crippen molar-refractivity contribution in [3.63, 3.8) is 0 Å². The molecule has 0 atom stereocenters. The highest BCUT2D eigenvalue weighted by molar-refractivity contribution is 5.75. The molecule has 0 saturated heterocycles. The van der Waals surface area contributed by atoms with Crippen LogP contribution < -0.4 is 9.47 Å². The monoisotopic (exact) mass is 238 g/mol. The van der Waals surface area contributed by atoms with Crippen molar-refractivity contribution in [1.82, 2.24) is 0 Å². The van der Waals surface area contributed by atoms with Crippen LogP contribution in [0.15, 0.2) is 18.2 Å². The van der Waals surface area contributed by atoms with Crippen LogP contribution in [0.3, 0.4) is 0 Å². The fraction of sp³-hybridized carbons (Fsp3) is 0.462. The Kier molecular flexibility index (Phi) is 5.49. The van der Waals surface area contributed by atoms with E-state index < -0.39 is 0 Å². The zero-order valence-electron chi connectivity index (χ0n) is 10.5. The summed E-state index contributed by atoms with van der Waals surface area (Å²) in [6.07, 6.45) is 0.452. The SMILES string of the molecule is COc1ccc(COCCC(C)=O)cc1OC. The van der Waals surface area contributed by atoms with Crippen LogP contribution in [0.1, 0.15) is 18.9 Å². The van der Waals surface area contributed by atoms with Crippen LogP contribution >= 0.6 is 0 Å². The largest absolute Gasteiger partial charge is 0.493 e. The minimum Gasteiger partial charge on any atom is -0.493 e. The van der Waals surface area contributed by atoms with Crippen molar-refractivity contribution >= 4 is 5.78 Å². The zero-order chi connectivity index (χ0) is 12.7. The Morgan fingerprint density at radius 3 is 2.47 bits per heavy atom. The first-order valence-corrected chi connectivity index (χ1v) is 5.45. The molecular weight excluding hydrogens is 220 g/mol. The van der Waals surface area contributed by atoms with E-state index in [-0.39, 0.29) is 5.78 Å². The van der Waals surface area contributed by atoms with E-state index in [1.807, 2.05) is 18.2 Å². The summed E-state index contributed by atoms with van der Waals surface area (Å²) in [5.41, 5.74) is 0.992. The van der Waals surface area contributed by atoms with Crippen molar-refractivity contribution in [2.24, 2.45) is 0 Å². The minimum atomic E-state index is 0.136. The molecule has 0 heterocycles. The fourth-order valence-corrected chi connectivity index (χ4v) is 1.38. The molecule has 0 amide bonds. The molecule has 1 aromatic carbocycles. The minimum absolute atomic E-state index is 0.136. The van der Waals surface area contributed by atoms with Gasteiger partial charge in [-0.15, -0.1) is 0 Å². The molecule has 94 valence electrons. The topological polar surface area (TPSA) is 44.8 Å². The van der Waals surface area contributed by atoms with Crippen LogP contribution in [0.4, 0.5) is 0 Å². The number of rotatable bonds is 7. The van der Waals surface area contributed by atoms with Gasteiger partial charge in [0.25, 0.3) is 0 Å². The highest BCUT2D eigenvalue weighted by atomic mass is 16.5. The van der Waals surface area contributed by atoms with Gasteiger partial charge in [-0.3, -0.25) is 4.79 Å². The molecular formula is C13H18O4. The van der Waals surface area contributed by atoms with Gasteiger partial charge >= 0.3 is 0 Å². The van der Waals surface area contributed by atoms with Gasteiger partial charge in [0.1, 0.15) is 5.78 Å². The molecule has 4 heteroatoms. The highest BCUT2D eigenvalue weighted by Crippen LogP contribution is 2.27. The van der Waals surface area contributed by atoms with Crippen molar-refractivity contribution < 1.29 is 19.0 Å². The lowest BCUT2D eigenvalue weighted by Gasteiger charge is -2.09. The van der Waals surface area contributed by atoms with E-state index in [1.165, 1.54) is 0 Å². The quantitative estimate of drug-likeness (QED) is 0.683. The van der Waals surface area contributed by atoms with Gasteiger partial charge in [0.2, 0.25) is 0 Å². The summed E-state index contributed by atoms with van der Waals surface area (Å²) in [5, 5.41) is 0. The van der Waals surface area contributed by atoms with Crippen LogP contribution in [0.5, 0.6) is 11.5 Å². The predicted molar refractivity (Wildman–Crippen MR) is 64.5 cm³/mol. The van der Waals surface area contributed by atoms with E-state index in [2.05, 4.69) is 0 Å². The fourth-order valence-electron chi connectivity index (χ4n) is 1.38. The van der Waals surface area contributed by atoms with Gasteiger partial charge in [-0.2, -0.15) is 0 Å². The molecule has 4 nitrogen and oxygen atoms in total. The maximum absolute atomic E-state index is 10.7.